The van der Waals surface area contributed by atoms with Crippen LogP contribution in [0.2, 0.25) is 0 Å². The maximum atomic E-state index is 13.6. The van der Waals surface area contributed by atoms with E-state index in [9.17, 15) is 18.0 Å². The lowest BCUT2D eigenvalue weighted by Gasteiger charge is -2.28. The molecule has 2 aromatic rings. The topological polar surface area (TPSA) is 32.3 Å². The summed E-state index contributed by atoms with van der Waals surface area (Å²) in [5.41, 5.74) is 0.689. The fourth-order valence-electron chi connectivity index (χ4n) is 2.51. The standard InChI is InChI=1S/C19H21F3N2O/c1-13(2)24(15-8-6-14(20)7-9-15)12-19(25)23-11-10-16-17(21)4-3-5-18(16)22/h3-9,13H,10-12H2,1-2H3,(H,23,25). The number of rotatable bonds is 7. The number of benzene rings is 2. The second-order valence-electron chi connectivity index (χ2n) is 6.00. The van der Waals surface area contributed by atoms with E-state index in [1.54, 1.807) is 12.1 Å². The van der Waals surface area contributed by atoms with Gasteiger partial charge in [0.05, 0.1) is 6.54 Å². The molecule has 1 N–H and O–H groups in total. The highest BCUT2D eigenvalue weighted by Crippen LogP contribution is 2.17. The minimum absolute atomic E-state index is 0.0280. The Bertz CT molecular complexity index is 697. The summed E-state index contributed by atoms with van der Waals surface area (Å²) in [6, 6.07) is 9.60. The maximum absolute atomic E-state index is 13.6. The van der Waals surface area contributed by atoms with Gasteiger partial charge in [-0.15, -0.1) is 0 Å². The van der Waals surface area contributed by atoms with E-state index in [0.717, 1.165) is 5.69 Å². The van der Waals surface area contributed by atoms with Crippen molar-refractivity contribution in [3.63, 3.8) is 0 Å². The summed E-state index contributed by atoms with van der Waals surface area (Å²) < 4.78 is 40.2. The smallest absolute Gasteiger partial charge is 0.239 e. The third kappa shape index (κ3) is 5.24. The van der Waals surface area contributed by atoms with Gasteiger partial charge in [-0.2, -0.15) is 0 Å². The second kappa shape index (κ2) is 8.55. The highest BCUT2D eigenvalue weighted by Gasteiger charge is 2.15. The Morgan fingerprint density at radius 3 is 2.20 bits per heavy atom. The van der Waals surface area contributed by atoms with Gasteiger partial charge in [0.2, 0.25) is 5.91 Å². The van der Waals surface area contributed by atoms with Crippen LogP contribution in [-0.2, 0) is 11.2 Å². The van der Waals surface area contributed by atoms with E-state index in [4.69, 9.17) is 0 Å². The minimum atomic E-state index is -0.621. The average molecular weight is 350 g/mol. The lowest BCUT2D eigenvalue weighted by Crippen LogP contribution is -2.41. The van der Waals surface area contributed by atoms with Crippen LogP contribution < -0.4 is 10.2 Å². The molecule has 0 bridgehead atoms. The Balaban J connectivity index is 1.92. The Hall–Kier alpha value is -2.50. The van der Waals surface area contributed by atoms with Crippen LogP contribution in [0.25, 0.3) is 0 Å². The first kappa shape index (κ1) is 18.8. The van der Waals surface area contributed by atoms with Gasteiger partial charge < -0.3 is 10.2 Å². The average Bonchev–Trinajstić information content (AvgIpc) is 2.56. The van der Waals surface area contributed by atoms with Crippen molar-refractivity contribution < 1.29 is 18.0 Å². The fraction of sp³-hybridized carbons (Fsp3) is 0.316. The zero-order valence-electron chi connectivity index (χ0n) is 14.2. The molecule has 0 heterocycles. The summed E-state index contributed by atoms with van der Waals surface area (Å²) in [4.78, 5) is 14.0. The number of hydrogen-bond donors (Lipinski definition) is 1. The lowest BCUT2D eigenvalue weighted by molar-refractivity contribution is -0.119. The molecule has 0 aliphatic carbocycles. The summed E-state index contributed by atoms with van der Waals surface area (Å²) in [6.07, 6.45) is 0.0719. The molecule has 0 atom stereocenters. The molecule has 0 saturated carbocycles. The molecular weight excluding hydrogens is 329 g/mol. The van der Waals surface area contributed by atoms with Crippen LogP contribution in [0.5, 0.6) is 0 Å². The van der Waals surface area contributed by atoms with Crippen LogP contribution in [-0.4, -0.2) is 25.0 Å². The van der Waals surface area contributed by atoms with Gasteiger partial charge in [-0.1, -0.05) is 6.07 Å². The molecule has 0 unspecified atom stereocenters. The predicted molar refractivity (Wildman–Crippen MR) is 92.0 cm³/mol. The van der Waals surface area contributed by atoms with Crippen molar-refractivity contribution in [2.24, 2.45) is 0 Å². The van der Waals surface area contributed by atoms with Crippen molar-refractivity contribution in [1.82, 2.24) is 5.32 Å². The molecular formula is C19H21F3N2O. The molecule has 0 fully saturated rings. The van der Waals surface area contributed by atoms with E-state index in [0.29, 0.717) is 0 Å². The van der Waals surface area contributed by atoms with Gasteiger partial charge in [0.25, 0.3) is 0 Å². The minimum Gasteiger partial charge on any atom is -0.360 e. The molecule has 2 rings (SSSR count). The first-order chi connectivity index (χ1) is 11.9. The SMILES string of the molecule is CC(C)N(CC(=O)NCCc1c(F)cccc1F)c1ccc(F)cc1. The molecule has 0 aromatic heterocycles. The van der Waals surface area contributed by atoms with Gasteiger partial charge in [0.15, 0.2) is 0 Å². The molecule has 0 spiro atoms. The Morgan fingerprint density at radius 2 is 1.64 bits per heavy atom. The second-order valence-corrected chi connectivity index (χ2v) is 6.00. The zero-order chi connectivity index (χ0) is 18.4. The Morgan fingerprint density at radius 1 is 1.04 bits per heavy atom. The number of hydrogen-bond acceptors (Lipinski definition) is 2. The molecule has 1 amide bonds. The summed E-state index contributed by atoms with van der Waals surface area (Å²) in [7, 11) is 0. The van der Waals surface area contributed by atoms with Gasteiger partial charge in [-0.05, 0) is 56.7 Å². The maximum Gasteiger partial charge on any atom is 0.239 e. The highest BCUT2D eigenvalue weighted by atomic mass is 19.1. The van der Waals surface area contributed by atoms with Crippen LogP contribution in [0.15, 0.2) is 42.5 Å². The van der Waals surface area contributed by atoms with Gasteiger partial charge in [-0.3, -0.25) is 4.79 Å². The predicted octanol–water partition coefficient (Wildman–Crippen LogP) is 3.68. The van der Waals surface area contributed by atoms with Gasteiger partial charge in [0.1, 0.15) is 17.5 Å². The number of halogens is 3. The fourth-order valence-corrected chi connectivity index (χ4v) is 2.51. The first-order valence-corrected chi connectivity index (χ1v) is 8.10. The summed E-state index contributed by atoms with van der Waals surface area (Å²) in [5.74, 6) is -1.85. The number of nitrogens with zero attached hydrogens (tertiary/aromatic N) is 1. The Labute approximate surface area is 145 Å². The van der Waals surface area contributed by atoms with Crippen molar-refractivity contribution in [3.8, 4) is 0 Å². The molecule has 2 aromatic carbocycles. The summed E-state index contributed by atoms with van der Waals surface area (Å²) in [6.45, 7) is 4.05. The molecule has 25 heavy (non-hydrogen) atoms. The first-order valence-electron chi connectivity index (χ1n) is 8.10. The van der Waals surface area contributed by atoms with Crippen molar-refractivity contribution in [2.75, 3.05) is 18.0 Å². The molecule has 0 aliphatic heterocycles. The number of carbonyl (C=O) groups excluding carboxylic acids is 1. The van der Waals surface area contributed by atoms with Crippen LogP contribution in [0, 0.1) is 17.5 Å². The summed E-state index contributed by atoms with van der Waals surface area (Å²) in [5, 5.41) is 2.66. The largest absolute Gasteiger partial charge is 0.360 e. The van der Waals surface area contributed by atoms with Crippen molar-refractivity contribution >= 4 is 11.6 Å². The van der Waals surface area contributed by atoms with Crippen LogP contribution in [0.1, 0.15) is 19.4 Å². The molecule has 3 nitrogen and oxygen atoms in total. The third-order valence-electron chi connectivity index (χ3n) is 3.85. The third-order valence-corrected chi connectivity index (χ3v) is 3.85. The van der Waals surface area contributed by atoms with Gasteiger partial charge in [0, 0.05) is 23.8 Å². The normalized spacial score (nSPS) is 10.8. The lowest BCUT2D eigenvalue weighted by atomic mass is 10.1. The molecule has 0 saturated heterocycles. The van der Waals surface area contributed by atoms with Crippen molar-refractivity contribution in [1.29, 1.82) is 0 Å². The van der Waals surface area contributed by atoms with E-state index < -0.39 is 11.6 Å². The zero-order valence-corrected chi connectivity index (χ0v) is 14.2. The van der Waals surface area contributed by atoms with E-state index in [-0.39, 0.29) is 42.8 Å². The van der Waals surface area contributed by atoms with Crippen molar-refractivity contribution in [3.05, 3.63) is 65.5 Å². The van der Waals surface area contributed by atoms with E-state index in [1.165, 1.54) is 30.3 Å². The number of nitrogens with one attached hydrogen (secondary N) is 1. The van der Waals surface area contributed by atoms with Crippen LogP contribution >= 0.6 is 0 Å². The summed E-state index contributed by atoms with van der Waals surface area (Å²) >= 11 is 0. The monoisotopic (exact) mass is 350 g/mol. The van der Waals surface area contributed by atoms with E-state index in [1.807, 2.05) is 18.7 Å². The number of anilines is 1. The van der Waals surface area contributed by atoms with Gasteiger partial charge >= 0.3 is 0 Å². The van der Waals surface area contributed by atoms with Crippen LogP contribution in [0.3, 0.4) is 0 Å². The van der Waals surface area contributed by atoms with E-state index >= 15 is 0 Å². The molecule has 6 heteroatoms. The highest BCUT2D eigenvalue weighted by molar-refractivity contribution is 5.81. The van der Waals surface area contributed by atoms with Crippen LogP contribution in [0.4, 0.5) is 18.9 Å². The number of carbonyl (C=O) groups is 1. The molecule has 0 radical (unpaired) electrons. The van der Waals surface area contributed by atoms with E-state index in [2.05, 4.69) is 5.32 Å². The molecule has 0 aliphatic rings. The quantitative estimate of drug-likeness (QED) is 0.826. The Kier molecular flexibility index (Phi) is 6.44. The molecule has 134 valence electrons. The number of amides is 1. The van der Waals surface area contributed by atoms with Gasteiger partial charge in [-0.25, -0.2) is 13.2 Å². The van der Waals surface area contributed by atoms with Crippen molar-refractivity contribution in [2.45, 2.75) is 26.3 Å².